The van der Waals surface area contributed by atoms with Crippen LogP contribution in [0.3, 0.4) is 0 Å². The summed E-state index contributed by atoms with van der Waals surface area (Å²) in [6.07, 6.45) is 3.86. The number of hydrogen-bond acceptors (Lipinski definition) is 2. The third-order valence-electron chi connectivity index (χ3n) is 3.94. The number of aryl methyl sites for hydroxylation is 1. The Labute approximate surface area is 131 Å². The van der Waals surface area contributed by atoms with E-state index in [2.05, 4.69) is 18.2 Å². The number of hydrogen-bond donors (Lipinski definition) is 1. The van der Waals surface area contributed by atoms with E-state index in [-0.39, 0.29) is 5.91 Å². The van der Waals surface area contributed by atoms with Crippen LogP contribution in [0.2, 0.25) is 0 Å². The zero-order chi connectivity index (χ0) is 15.4. The number of fused-ring (bicyclic) bond motifs is 1. The average molecular weight is 292 g/mol. The van der Waals surface area contributed by atoms with Gasteiger partial charge in [-0.15, -0.1) is 0 Å². The number of para-hydroxylation sites is 1. The van der Waals surface area contributed by atoms with Crippen LogP contribution >= 0.6 is 0 Å². The number of carbonyl (C=O) groups excluding carboxylic acids is 1. The van der Waals surface area contributed by atoms with Crippen LogP contribution in [-0.4, -0.2) is 19.0 Å². The summed E-state index contributed by atoms with van der Waals surface area (Å²) in [7, 11) is 0. The van der Waals surface area contributed by atoms with Gasteiger partial charge in [0, 0.05) is 24.2 Å². The maximum atomic E-state index is 12.6. The van der Waals surface area contributed by atoms with Gasteiger partial charge in [-0.3, -0.25) is 4.79 Å². The third kappa shape index (κ3) is 2.81. The van der Waals surface area contributed by atoms with Crippen LogP contribution in [0.4, 0.5) is 5.69 Å². The van der Waals surface area contributed by atoms with Gasteiger partial charge in [-0.25, -0.2) is 0 Å². The molecule has 3 nitrogen and oxygen atoms in total. The molecule has 0 radical (unpaired) electrons. The van der Waals surface area contributed by atoms with Crippen LogP contribution in [0.5, 0.6) is 0 Å². The van der Waals surface area contributed by atoms with Crippen LogP contribution in [0.1, 0.15) is 17.5 Å². The van der Waals surface area contributed by atoms with Gasteiger partial charge in [0.2, 0.25) is 0 Å². The first-order valence-electron chi connectivity index (χ1n) is 7.66. The first-order chi connectivity index (χ1) is 10.8. The molecule has 1 heterocycles. The van der Waals surface area contributed by atoms with Crippen molar-refractivity contribution in [3.63, 3.8) is 0 Å². The second-order valence-electron chi connectivity index (χ2n) is 5.40. The molecule has 22 heavy (non-hydrogen) atoms. The van der Waals surface area contributed by atoms with Crippen molar-refractivity contribution in [3.8, 4) is 0 Å². The first-order valence-corrected chi connectivity index (χ1v) is 7.66. The maximum Gasteiger partial charge on any atom is 0.258 e. The SMILES string of the molecule is NCCN1C(=O)/C(=C/CCc2ccccc2)c2ccccc21. The lowest BCUT2D eigenvalue weighted by Crippen LogP contribution is -2.31. The molecule has 0 saturated heterocycles. The standard InChI is InChI=1S/C19H20N2O/c20-13-14-21-18-12-5-4-10-16(18)17(19(21)22)11-6-9-15-7-2-1-3-8-15/h1-5,7-8,10-12H,6,9,13-14,20H2/b17-11+. The zero-order valence-corrected chi connectivity index (χ0v) is 12.5. The molecule has 1 aliphatic heterocycles. The molecule has 1 amide bonds. The molecule has 112 valence electrons. The topological polar surface area (TPSA) is 46.3 Å². The van der Waals surface area contributed by atoms with Crippen molar-refractivity contribution < 1.29 is 4.79 Å². The fraction of sp³-hybridized carbons (Fsp3) is 0.211. The normalized spacial score (nSPS) is 15.4. The van der Waals surface area contributed by atoms with Crippen LogP contribution in [0.15, 0.2) is 60.7 Å². The Morgan fingerprint density at radius 2 is 1.73 bits per heavy atom. The molecular formula is C19H20N2O. The largest absolute Gasteiger partial charge is 0.329 e. The van der Waals surface area contributed by atoms with Gasteiger partial charge in [-0.05, 0) is 24.5 Å². The molecule has 0 atom stereocenters. The van der Waals surface area contributed by atoms with E-state index in [0.29, 0.717) is 13.1 Å². The molecule has 0 fully saturated rings. The molecule has 0 unspecified atom stereocenters. The van der Waals surface area contributed by atoms with Crippen LogP contribution in [-0.2, 0) is 11.2 Å². The highest BCUT2D eigenvalue weighted by Gasteiger charge is 2.30. The summed E-state index contributed by atoms with van der Waals surface area (Å²) >= 11 is 0. The highest BCUT2D eigenvalue weighted by atomic mass is 16.2. The van der Waals surface area contributed by atoms with Gasteiger partial charge in [-0.2, -0.15) is 0 Å². The highest BCUT2D eigenvalue weighted by Crippen LogP contribution is 2.36. The molecule has 0 aliphatic carbocycles. The lowest BCUT2D eigenvalue weighted by Gasteiger charge is -2.15. The molecule has 0 spiro atoms. The van der Waals surface area contributed by atoms with E-state index in [1.54, 1.807) is 4.90 Å². The van der Waals surface area contributed by atoms with Gasteiger partial charge in [0.15, 0.2) is 0 Å². The molecule has 3 heteroatoms. The Hall–Kier alpha value is -2.39. The minimum absolute atomic E-state index is 0.0692. The van der Waals surface area contributed by atoms with Gasteiger partial charge in [0.05, 0.1) is 5.69 Å². The second-order valence-corrected chi connectivity index (χ2v) is 5.40. The predicted molar refractivity (Wildman–Crippen MR) is 90.6 cm³/mol. The summed E-state index contributed by atoms with van der Waals surface area (Å²) in [6, 6.07) is 18.3. The number of carbonyl (C=O) groups is 1. The molecule has 2 aromatic carbocycles. The molecule has 1 aliphatic rings. The van der Waals surface area contributed by atoms with E-state index in [9.17, 15) is 4.79 Å². The Morgan fingerprint density at radius 3 is 2.50 bits per heavy atom. The van der Waals surface area contributed by atoms with Gasteiger partial charge in [-0.1, -0.05) is 54.6 Å². The Balaban J connectivity index is 1.81. The molecule has 0 saturated carbocycles. The number of nitrogens with zero attached hydrogens (tertiary/aromatic N) is 1. The minimum Gasteiger partial charge on any atom is -0.329 e. The van der Waals surface area contributed by atoms with E-state index >= 15 is 0 Å². The van der Waals surface area contributed by atoms with Crippen molar-refractivity contribution in [2.24, 2.45) is 5.73 Å². The molecule has 0 aromatic heterocycles. The van der Waals surface area contributed by atoms with Gasteiger partial charge >= 0.3 is 0 Å². The van der Waals surface area contributed by atoms with Crippen LogP contribution in [0.25, 0.3) is 5.57 Å². The minimum atomic E-state index is 0.0692. The molecule has 0 bridgehead atoms. The van der Waals surface area contributed by atoms with Crippen molar-refractivity contribution in [2.45, 2.75) is 12.8 Å². The van der Waals surface area contributed by atoms with Crippen molar-refractivity contribution in [1.82, 2.24) is 0 Å². The fourth-order valence-electron chi connectivity index (χ4n) is 2.88. The molecule has 3 rings (SSSR count). The maximum absolute atomic E-state index is 12.6. The summed E-state index contributed by atoms with van der Waals surface area (Å²) in [5.41, 5.74) is 9.73. The number of rotatable bonds is 5. The number of anilines is 1. The van der Waals surface area contributed by atoms with Gasteiger partial charge in [0.1, 0.15) is 0 Å². The molecular weight excluding hydrogens is 272 g/mol. The van der Waals surface area contributed by atoms with Crippen molar-refractivity contribution in [1.29, 1.82) is 0 Å². The lowest BCUT2D eigenvalue weighted by molar-refractivity contribution is -0.113. The lowest BCUT2D eigenvalue weighted by atomic mass is 10.0. The van der Waals surface area contributed by atoms with E-state index in [1.165, 1.54) is 5.56 Å². The third-order valence-corrected chi connectivity index (χ3v) is 3.94. The van der Waals surface area contributed by atoms with E-state index < -0.39 is 0 Å². The Bertz CT molecular complexity index is 692. The predicted octanol–water partition coefficient (Wildman–Crippen LogP) is 3.01. The number of benzene rings is 2. The quantitative estimate of drug-likeness (QED) is 0.861. The summed E-state index contributed by atoms with van der Waals surface area (Å²) in [4.78, 5) is 14.4. The summed E-state index contributed by atoms with van der Waals surface area (Å²) in [6.45, 7) is 1.03. The monoisotopic (exact) mass is 292 g/mol. The Kier molecular flexibility index (Phi) is 4.35. The fourth-order valence-corrected chi connectivity index (χ4v) is 2.88. The van der Waals surface area contributed by atoms with E-state index in [4.69, 9.17) is 5.73 Å². The Morgan fingerprint density at radius 1 is 1.00 bits per heavy atom. The first kappa shape index (κ1) is 14.5. The van der Waals surface area contributed by atoms with Crippen molar-refractivity contribution in [3.05, 3.63) is 71.8 Å². The second kappa shape index (κ2) is 6.58. The summed E-state index contributed by atoms with van der Waals surface area (Å²) in [5.74, 6) is 0.0692. The van der Waals surface area contributed by atoms with E-state index in [0.717, 1.165) is 29.7 Å². The summed E-state index contributed by atoms with van der Waals surface area (Å²) < 4.78 is 0. The van der Waals surface area contributed by atoms with Gasteiger partial charge < -0.3 is 10.6 Å². The smallest absolute Gasteiger partial charge is 0.258 e. The van der Waals surface area contributed by atoms with Crippen molar-refractivity contribution in [2.75, 3.05) is 18.0 Å². The van der Waals surface area contributed by atoms with Crippen LogP contribution < -0.4 is 10.6 Å². The van der Waals surface area contributed by atoms with Crippen molar-refractivity contribution >= 4 is 17.2 Å². The summed E-state index contributed by atoms with van der Waals surface area (Å²) in [5, 5.41) is 0. The average Bonchev–Trinajstić information content (AvgIpc) is 2.82. The highest BCUT2D eigenvalue weighted by molar-refractivity contribution is 6.32. The number of allylic oxidation sites excluding steroid dienone is 1. The number of nitrogens with two attached hydrogens (primary N) is 1. The number of amides is 1. The zero-order valence-electron chi connectivity index (χ0n) is 12.5. The van der Waals surface area contributed by atoms with E-state index in [1.807, 2.05) is 42.5 Å². The molecule has 2 aromatic rings. The van der Waals surface area contributed by atoms with Gasteiger partial charge in [0.25, 0.3) is 5.91 Å². The molecule has 2 N–H and O–H groups in total. The van der Waals surface area contributed by atoms with Crippen LogP contribution in [0, 0.1) is 0 Å².